The molecular weight excluding hydrogens is 374 g/mol. The van der Waals surface area contributed by atoms with Gasteiger partial charge in [-0.3, -0.25) is 9.59 Å². The van der Waals surface area contributed by atoms with Gasteiger partial charge in [0, 0.05) is 38.4 Å². The van der Waals surface area contributed by atoms with E-state index in [4.69, 9.17) is 5.73 Å². The number of nitrogens with one attached hydrogen (secondary N) is 1. The molecule has 3 atom stereocenters. The fourth-order valence-corrected chi connectivity index (χ4v) is 4.78. The molecule has 26 heavy (non-hydrogen) atoms. The van der Waals surface area contributed by atoms with Gasteiger partial charge in [-0.05, 0) is 30.6 Å². The molecule has 1 saturated heterocycles. The van der Waals surface area contributed by atoms with Crippen LogP contribution in [0.25, 0.3) is 0 Å². The second-order valence-electron chi connectivity index (χ2n) is 7.61. The fraction of sp³-hybridized carbons (Fsp3) is 0.765. The van der Waals surface area contributed by atoms with Gasteiger partial charge in [0.2, 0.25) is 16.9 Å². The molecule has 7 nitrogen and oxygen atoms in total. The van der Waals surface area contributed by atoms with Crippen molar-refractivity contribution in [3.8, 4) is 0 Å². The molecule has 1 aromatic heterocycles. The van der Waals surface area contributed by atoms with E-state index in [1.807, 2.05) is 4.90 Å². The molecule has 9 heteroatoms. The Morgan fingerprint density at radius 1 is 1.27 bits per heavy atom. The highest BCUT2D eigenvalue weighted by Gasteiger charge is 2.42. The summed E-state index contributed by atoms with van der Waals surface area (Å²) >= 11 is 1.40. The largest absolute Gasteiger partial charge is 0.342 e. The average Bonchev–Trinajstić information content (AvgIpc) is 3.23. The van der Waals surface area contributed by atoms with Crippen LogP contribution in [-0.2, 0) is 16.0 Å². The molecule has 3 rings (SSSR count). The second kappa shape index (κ2) is 9.10. The van der Waals surface area contributed by atoms with Gasteiger partial charge in [-0.15, -0.1) is 22.6 Å². The Hall–Kier alpha value is -1.25. The quantitative estimate of drug-likeness (QED) is 0.759. The van der Waals surface area contributed by atoms with E-state index in [2.05, 4.69) is 29.4 Å². The number of amides is 2. The highest BCUT2D eigenvalue weighted by atomic mass is 35.5. The molecule has 1 aliphatic carbocycles. The fourth-order valence-electron chi connectivity index (χ4n) is 3.81. The lowest BCUT2D eigenvalue weighted by atomic mass is 9.98. The Morgan fingerprint density at radius 2 is 2.04 bits per heavy atom. The van der Waals surface area contributed by atoms with Crippen LogP contribution in [0.1, 0.15) is 44.5 Å². The van der Waals surface area contributed by atoms with Crippen LogP contribution < -0.4 is 11.1 Å². The number of carbonyl (C=O) groups is 2. The van der Waals surface area contributed by atoms with Gasteiger partial charge in [-0.25, -0.2) is 0 Å². The standard InChI is InChI=1S/C17H27N5O2S.ClH/c1-10(2)7-15-20-21-17(25-15)19-14(23)5-6-16(24)22-8-11-3-4-13(18)12(11)9-22;/h10-13H,3-9,18H2,1-2H3,(H,19,21,23);1H. The van der Waals surface area contributed by atoms with Crippen LogP contribution in [0.2, 0.25) is 0 Å². The van der Waals surface area contributed by atoms with Crippen molar-refractivity contribution in [1.29, 1.82) is 0 Å². The SMILES string of the molecule is CC(C)Cc1nnc(NC(=O)CCC(=O)N2CC3CCC(N)C3C2)s1.Cl. The van der Waals surface area contributed by atoms with Crippen molar-refractivity contribution in [3.05, 3.63) is 5.01 Å². The van der Waals surface area contributed by atoms with Crippen molar-refractivity contribution in [2.75, 3.05) is 18.4 Å². The molecule has 3 unspecified atom stereocenters. The maximum absolute atomic E-state index is 12.3. The summed E-state index contributed by atoms with van der Waals surface area (Å²) in [6, 6.07) is 0.225. The Balaban J connectivity index is 0.00000243. The van der Waals surface area contributed by atoms with E-state index in [0.717, 1.165) is 37.4 Å². The number of aromatic nitrogens is 2. The highest BCUT2D eigenvalue weighted by Crippen LogP contribution is 2.37. The lowest BCUT2D eigenvalue weighted by molar-refractivity contribution is -0.132. The lowest BCUT2D eigenvalue weighted by Gasteiger charge is -2.18. The van der Waals surface area contributed by atoms with Crippen LogP contribution in [0.15, 0.2) is 0 Å². The summed E-state index contributed by atoms with van der Waals surface area (Å²) in [5.74, 6) is 1.36. The molecule has 2 amide bonds. The van der Waals surface area contributed by atoms with Crippen LogP contribution in [0.3, 0.4) is 0 Å². The van der Waals surface area contributed by atoms with Gasteiger partial charge in [-0.1, -0.05) is 25.2 Å². The smallest absolute Gasteiger partial charge is 0.226 e. The minimum Gasteiger partial charge on any atom is -0.342 e. The Labute approximate surface area is 164 Å². The number of rotatable bonds is 6. The van der Waals surface area contributed by atoms with E-state index >= 15 is 0 Å². The Kier molecular flexibility index (Phi) is 7.37. The van der Waals surface area contributed by atoms with Crippen LogP contribution in [0.4, 0.5) is 5.13 Å². The number of anilines is 1. The first-order valence-electron chi connectivity index (χ1n) is 9.08. The van der Waals surface area contributed by atoms with Gasteiger partial charge >= 0.3 is 0 Å². The number of nitrogens with zero attached hydrogens (tertiary/aromatic N) is 3. The van der Waals surface area contributed by atoms with Crippen molar-refractivity contribution >= 4 is 40.7 Å². The van der Waals surface area contributed by atoms with Crippen molar-refractivity contribution in [2.24, 2.45) is 23.5 Å². The van der Waals surface area contributed by atoms with Gasteiger partial charge < -0.3 is 16.0 Å². The zero-order valence-electron chi connectivity index (χ0n) is 15.3. The molecule has 3 N–H and O–H groups in total. The zero-order valence-corrected chi connectivity index (χ0v) is 16.9. The maximum atomic E-state index is 12.3. The molecule has 1 saturated carbocycles. The summed E-state index contributed by atoms with van der Waals surface area (Å²) in [4.78, 5) is 26.3. The number of likely N-dealkylation sites (tertiary alicyclic amines) is 1. The lowest BCUT2D eigenvalue weighted by Crippen LogP contribution is -2.33. The molecule has 2 aliphatic rings. The first-order chi connectivity index (χ1) is 11.9. The molecular formula is C17H28ClN5O2S. The van der Waals surface area contributed by atoms with Crippen molar-refractivity contribution in [1.82, 2.24) is 15.1 Å². The second-order valence-corrected chi connectivity index (χ2v) is 8.67. The Morgan fingerprint density at radius 3 is 2.73 bits per heavy atom. The van der Waals surface area contributed by atoms with Gasteiger partial charge in [0.1, 0.15) is 5.01 Å². The molecule has 2 heterocycles. The summed E-state index contributed by atoms with van der Waals surface area (Å²) in [5.41, 5.74) is 6.11. The molecule has 1 aromatic rings. The van der Waals surface area contributed by atoms with Gasteiger partial charge in [0.05, 0.1) is 0 Å². The summed E-state index contributed by atoms with van der Waals surface area (Å²) < 4.78 is 0. The predicted molar refractivity (Wildman–Crippen MR) is 104 cm³/mol. The average molecular weight is 402 g/mol. The molecule has 2 fully saturated rings. The number of hydrogen-bond donors (Lipinski definition) is 2. The summed E-state index contributed by atoms with van der Waals surface area (Å²) in [6.45, 7) is 5.78. The number of hydrogen-bond acceptors (Lipinski definition) is 6. The van der Waals surface area contributed by atoms with Crippen LogP contribution in [-0.4, -0.2) is 46.0 Å². The third-order valence-electron chi connectivity index (χ3n) is 5.13. The topological polar surface area (TPSA) is 101 Å². The first kappa shape index (κ1) is 21.1. The third kappa shape index (κ3) is 5.14. The molecule has 1 aliphatic heterocycles. The third-order valence-corrected chi connectivity index (χ3v) is 5.99. The van der Waals surface area contributed by atoms with Gasteiger partial charge in [0.15, 0.2) is 0 Å². The molecule has 0 radical (unpaired) electrons. The predicted octanol–water partition coefficient (Wildman–Crippen LogP) is 2.07. The van der Waals surface area contributed by atoms with Crippen molar-refractivity contribution < 1.29 is 9.59 Å². The molecule has 146 valence electrons. The number of carbonyl (C=O) groups excluding carboxylic acids is 2. The minimum atomic E-state index is -0.184. The summed E-state index contributed by atoms with van der Waals surface area (Å²) in [7, 11) is 0. The summed E-state index contributed by atoms with van der Waals surface area (Å²) in [6.07, 6.45) is 3.45. The maximum Gasteiger partial charge on any atom is 0.226 e. The molecule has 0 aromatic carbocycles. The van der Waals surface area contributed by atoms with E-state index < -0.39 is 0 Å². The molecule has 0 spiro atoms. The van der Waals surface area contributed by atoms with E-state index in [1.165, 1.54) is 11.3 Å². The van der Waals surface area contributed by atoms with E-state index in [9.17, 15) is 9.59 Å². The van der Waals surface area contributed by atoms with E-state index in [-0.39, 0.29) is 43.1 Å². The Bertz CT molecular complexity index is 638. The van der Waals surface area contributed by atoms with Crippen LogP contribution in [0.5, 0.6) is 0 Å². The monoisotopic (exact) mass is 401 g/mol. The van der Waals surface area contributed by atoms with Crippen LogP contribution in [0, 0.1) is 17.8 Å². The normalized spacial score (nSPS) is 24.5. The summed E-state index contributed by atoms with van der Waals surface area (Å²) in [5, 5.41) is 12.2. The number of halogens is 1. The number of nitrogens with two attached hydrogens (primary N) is 1. The van der Waals surface area contributed by atoms with Gasteiger partial charge in [-0.2, -0.15) is 0 Å². The van der Waals surface area contributed by atoms with E-state index in [0.29, 0.717) is 22.9 Å². The number of fused-ring (bicyclic) bond motifs is 1. The first-order valence-corrected chi connectivity index (χ1v) is 9.89. The van der Waals surface area contributed by atoms with E-state index in [1.54, 1.807) is 0 Å². The van der Waals surface area contributed by atoms with Crippen LogP contribution >= 0.6 is 23.7 Å². The minimum absolute atomic E-state index is 0. The van der Waals surface area contributed by atoms with Gasteiger partial charge in [0.25, 0.3) is 0 Å². The zero-order chi connectivity index (χ0) is 18.0. The molecule has 0 bridgehead atoms. The van der Waals surface area contributed by atoms with Crippen molar-refractivity contribution in [2.45, 2.75) is 52.0 Å². The van der Waals surface area contributed by atoms with Crippen molar-refractivity contribution in [3.63, 3.8) is 0 Å². The highest BCUT2D eigenvalue weighted by molar-refractivity contribution is 7.15.